The van der Waals surface area contributed by atoms with E-state index in [1.165, 1.54) is 0 Å². The number of hydrogen-bond acceptors (Lipinski definition) is 3. The molecule has 1 aromatic rings. The highest BCUT2D eigenvalue weighted by molar-refractivity contribution is 5.04. The maximum Gasteiger partial charge on any atom is 0.0539 e. The fourth-order valence-electron chi connectivity index (χ4n) is 2.27. The third-order valence-electron chi connectivity index (χ3n) is 3.26. The van der Waals surface area contributed by atoms with Crippen LogP contribution in [-0.2, 0) is 6.42 Å². The van der Waals surface area contributed by atoms with Gasteiger partial charge in [0.15, 0.2) is 0 Å². The summed E-state index contributed by atoms with van der Waals surface area (Å²) in [6.07, 6.45) is 2.78. The lowest BCUT2D eigenvalue weighted by Gasteiger charge is -2.14. The highest BCUT2D eigenvalue weighted by Gasteiger charge is 2.28. The van der Waals surface area contributed by atoms with Gasteiger partial charge in [0, 0.05) is 42.9 Å². The average molecular weight is 231 g/mol. The van der Waals surface area contributed by atoms with Crippen molar-refractivity contribution in [2.24, 2.45) is 11.0 Å². The molecule has 0 N–H and O–H groups in total. The van der Waals surface area contributed by atoms with Gasteiger partial charge in [-0.05, 0) is 23.6 Å². The Morgan fingerprint density at radius 1 is 1.53 bits per heavy atom. The number of likely N-dealkylation sites (tertiary alicyclic amines) is 1. The van der Waals surface area contributed by atoms with E-state index in [0.29, 0.717) is 5.92 Å². The Kier molecular flexibility index (Phi) is 3.96. The molecule has 2 rings (SSSR count). The van der Waals surface area contributed by atoms with Crippen molar-refractivity contribution in [2.75, 3.05) is 19.6 Å². The van der Waals surface area contributed by atoms with E-state index in [-0.39, 0.29) is 6.04 Å². The molecular weight excluding hydrogens is 214 g/mol. The van der Waals surface area contributed by atoms with Gasteiger partial charge in [-0.3, -0.25) is 4.98 Å². The summed E-state index contributed by atoms with van der Waals surface area (Å²) in [6.45, 7) is 5.01. The molecule has 2 atom stereocenters. The third-order valence-corrected chi connectivity index (χ3v) is 3.26. The van der Waals surface area contributed by atoms with Gasteiger partial charge in [-0.1, -0.05) is 18.1 Å². The van der Waals surface area contributed by atoms with Crippen LogP contribution in [0.4, 0.5) is 0 Å². The van der Waals surface area contributed by atoms with Crippen molar-refractivity contribution in [1.82, 2.24) is 9.88 Å². The molecule has 1 saturated heterocycles. The lowest BCUT2D eigenvalue weighted by molar-refractivity contribution is 0.329. The average Bonchev–Trinajstić information content (AvgIpc) is 2.70. The van der Waals surface area contributed by atoms with Gasteiger partial charge in [0.05, 0.1) is 6.04 Å². The van der Waals surface area contributed by atoms with Crippen LogP contribution in [0.5, 0.6) is 0 Å². The van der Waals surface area contributed by atoms with Crippen molar-refractivity contribution >= 4 is 0 Å². The van der Waals surface area contributed by atoms with Crippen molar-refractivity contribution in [3.8, 4) is 0 Å². The summed E-state index contributed by atoms with van der Waals surface area (Å²) >= 11 is 0. The van der Waals surface area contributed by atoms with Crippen molar-refractivity contribution < 1.29 is 0 Å². The van der Waals surface area contributed by atoms with Crippen LogP contribution >= 0.6 is 0 Å². The molecule has 0 bridgehead atoms. The van der Waals surface area contributed by atoms with Crippen molar-refractivity contribution in [1.29, 1.82) is 0 Å². The van der Waals surface area contributed by atoms with Gasteiger partial charge < -0.3 is 4.90 Å². The predicted octanol–water partition coefficient (Wildman–Crippen LogP) is 2.25. The first kappa shape index (κ1) is 11.9. The molecule has 1 aliphatic heterocycles. The van der Waals surface area contributed by atoms with Crippen LogP contribution in [0, 0.1) is 5.92 Å². The zero-order valence-electron chi connectivity index (χ0n) is 10.0. The highest BCUT2D eigenvalue weighted by atomic mass is 15.2. The zero-order chi connectivity index (χ0) is 12.1. The molecule has 17 heavy (non-hydrogen) atoms. The van der Waals surface area contributed by atoms with Gasteiger partial charge in [0.1, 0.15) is 0 Å². The van der Waals surface area contributed by atoms with E-state index < -0.39 is 0 Å². The van der Waals surface area contributed by atoms with E-state index in [1.807, 2.05) is 24.4 Å². The van der Waals surface area contributed by atoms with E-state index in [0.717, 1.165) is 31.7 Å². The Bertz CT molecular complexity index is 399. The minimum atomic E-state index is 0.128. The zero-order valence-corrected chi connectivity index (χ0v) is 10.0. The Morgan fingerprint density at radius 2 is 2.41 bits per heavy atom. The number of rotatable bonds is 4. The molecule has 5 nitrogen and oxygen atoms in total. The van der Waals surface area contributed by atoms with E-state index in [9.17, 15) is 0 Å². The minimum absolute atomic E-state index is 0.128. The SMILES string of the molecule is C[C@@H]1CN(CCc2ccccn2)C[C@H]1N=[N+]=[N-]. The normalized spacial score (nSPS) is 24.5. The summed E-state index contributed by atoms with van der Waals surface area (Å²) in [6, 6.07) is 6.12. The number of hydrogen-bond donors (Lipinski definition) is 0. The molecule has 0 unspecified atom stereocenters. The first-order chi connectivity index (χ1) is 8.29. The molecule has 0 aromatic carbocycles. The molecule has 0 radical (unpaired) electrons. The van der Waals surface area contributed by atoms with Crippen LogP contribution in [0.15, 0.2) is 29.5 Å². The van der Waals surface area contributed by atoms with Crippen molar-refractivity contribution in [3.05, 3.63) is 40.5 Å². The van der Waals surface area contributed by atoms with Crippen molar-refractivity contribution in [2.45, 2.75) is 19.4 Å². The smallest absolute Gasteiger partial charge is 0.0539 e. The Hall–Kier alpha value is -1.58. The number of aromatic nitrogens is 1. The van der Waals surface area contributed by atoms with Crippen LogP contribution < -0.4 is 0 Å². The van der Waals surface area contributed by atoms with Crippen LogP contribution in [0.1, 0.15) is 12.6 Å². The lowest BCUT2D eigenvalue weighted by Crippen LogP contribution is -2.24. The highest BCUT2D eigenvalue weighted by Crippen LogP contribution is 2.19. The largest absolute Gasteiger partial charge is 0.302 e. The van der Waals surface area contributed by atoms with Gasteiger partial charge in [-0.25, -0.2) is 0 Å². The third kappa shape index (κ3) is 3.19. The Labute approximate surface area is 101 Å². The van der Waals surface area contributed by atoms with Gasteiger partial charge >= 0.3 is 0 Å². The Morgan fingerprint density at radius 3 is 3.12 bits per heavy atom. The van der Waals surface area contributed by atoms with Gasteiger partial charge in [0.2, 0.25) is 0 Å². The number of azide groups is 1. The summed E-state index contributed by atoms with van der Waals surface area (Å²) in [7, 11) is 0. The van der Waals surface area contributed by atoms with Crippen molar-refractivity contribution in [3.63, 3.8) is 0 Å². The number of nitrogens with zero attached hydrogens (tertiary/aromatic N) is 5. The second-order valence-electron chi connectivity index (χ2n) is 4.58. The Balaban J connectivity index is 1.84. The first-order valence-corrected chi connectivity index (χ1v) is 5.96. The van der Waals surface area contributed by atoms with Crippen LogP contribution in [0.2, 0.25) is 0 Å². The summed E-state index contributed by atoms with van der Waals surface area (Å²) in [5, 5.41) is 3.83. The molecule has 0 amide bonds. The first-order valence-electron chi connectivity index (χ1n) is 5.96. The molecule has 0 aliphatic carbocycles. The summed E-state index contributed by atoms with van der Waals surface area (Å²) in [5.74, 6) is 0.453. The van der Waals surface area contributed by atoms with Gasteiger partial charge in [-0.2, -0.15) is 0 Å². The molecule has 1 aliphatic rings. The van der Waals surface area contributed by atoms with Crippen LogP contribution in [0.25, 0.3) is 10.4 Å². The second-order valence-corrected chi connectivity index (χ2v) is 4.58. The van der Waals surface area contributed by atoms with Crippen LogP contribution in [0.3, 0.4) is 0 Å². The molecule has 2 heterocycles. The van der Waals surface area contributed by atoms with E-state index >= 15 is 0 Å². The van der Waals surface area contributed by atoms with E-state index in [2.05, 4.69) is 26.8 Å². The molecule has 1 fully saturated rings. The fraction of sp³-hybridized carbons (Fsp3) is 0.583. The quantitative estimate of drug-likeness (QED) is 0.453. The lowest BCUT2D eigenvalue weighted by atomic mass is 10.1. The fourth-order valence-corrected chi connectivity index (χ4v) is 2.27. The van der Waals surface area contributed by atoms with Gasteiger partial charge in [-0.15, -0.1) is 0 Å². The predicted molar refractivity (Wildman–Crippen MR) is 66.5 cm³/mol. The number of pyridine rings is 1. The maximum atomic E-state index is 8.47. The molecule has 5 heteroatoms. The summed E-state index contributed by atoms with van der Waals surface area (Å²) in [5.41, 5.74) is 9.59. The topological polar surface area (TPSA) is 64.9 Å². The molecule has 0 saturated carbocycles. The maximum absolute atomic E-state index is 8.47. The summed E-state index contributed by atoms with van der Waals surface area (Å²) in [4.78, 5) is 9.56. The summed E-state index contributed by atoms with van der Waals surface area (Å²) < 4.78 is 0. The van der Waals surface area contributed by atoms with E-state index in [4.69, 9.17) is 5.53 Å². The molecule has 0 spiro atoms. The van der Waals surface area contributed by atoms with E-state index in [1.54, 1.807) is 0 Å². The van der Waals surface area contributed by atoms with Crippen LogP contribution in [-0.4, -0.2) is 35.6 Å². The monoisotopic (exact) mass is 231 g/mol. The molecular formula is C12H17N5. The molecule has 90 valence electrons. The molecule has 1 aromatic heterocycles. The standard InChI is InChI=1S/C12H17N5/c1-10-8-17(9-12(10)15-16-13)7-5-11-4-2-3-6-14-11/h2-4,6,10,12H,5,7-9H2,1H3/t10-,12-/m1/s1. The minimum Gasteiger partial charge on any atom is -0.302 e. The van der Waals surface area contributed by atoms with Gasteiger partial charge in [0.25, 0.3) is 0 Å². The second kappa shape index (κ2) is 5.66.